The second-order valence-electron chi connectivity index (χ2n) is 4.49. The molecule has 1 atom stereocenters. The van der Waals surface area contributed by atoms with Crippen molar-refractivity contribution in [2.45, 2.75) is 33.2 Å². The molecule has 0 bridgehead atoms. The van der Waals surface area contributed by atoms with Crippen molar-refractivity contribution in [3.8, 4) is 11.5 Å². The lowest BCUT2D eigenvalue weighted by Gasteiger charge is -2.13. The van der Waals surface area contributed by atoms with E-state index in [0.717, 1.165) is 5.56 Å². The number of hydrogen-bond acceptors (Lipinski definition) is 4. The van der Waals surface area contributed by atoms with Crippen molar-refractivity contribution >= 4 is 0 Å². The molecule has 4 heteroatoms. The molecule has 0 heterocycles. The molecule has 1 rings (SSSR count). The van der Waals surface area contributed by atoms with Crippen molar-refractivity contribution in [3.63, 3.8) is 0 Å². The lowest BCUT2D eigenvalue weighted by atomic mass is 10.0. The number of benzene rings is 1. The zero-order valence-corrected chi connectivity index (χ0v) is 11.2. The van der Waals surface area contributed by atoms with Crippen LogP contribution in [-0.4, -0.2) is 12.2 Å². The van der Waals surface area contributed by atoms with E-state index in [1.165, 1.54) is 11.6 Å². The molecule has 98 valence electrons. The standard InChI is InChI=1S/C14H19NO3/c1-9(2)5-6-11-7-12(10(3)15-17)13(16)8-14(11)18-4/h5,7-8,10,16H,6H2,1-4H3. The molecule has 1 aromatic carbocycles. The van der Waals surface area contributed by atoms with Crippen LogP contribution in [-0.2, 0) is 6.42 Å². The minimum Gasteiger partial charge on any atom is -0.507 e. The number of rotatable bonds is 5. The van der Waals surface area contributed by atoms with Crippen molar-refractivity contribution in [1.82, 2.24) is 0 Å². The van der Waals surface area contributed by atoms with Crippen molar-refractivity contribution in [3.05, 3.63) is 39.8 Å². The summed E-state index contributed by atoms with van der Waals surface area (Å²) in [5, 5.41) is 12.8. The minimum atomic E-state index is -0.568. The van der Waals surface area contributed by atoms with Gasteiger partial charge in [-0.2, -0.15) is 4.91 Å². The predicted octanol–water partition coefficient (Wildman–Crippen LogP) is 3.74. The Kier molecular flexibility index (Phi) is 4.89. The summed E-state index contributed by atoms with van der Waals surface area (Å²) >= 11 is 0. The van der Waals surface area contributed by atoms with Crippen molar-refractivity contribution in [2.24, 2.45) is 5.18 Å². The molecule has 1 N–H and O–H groups in total. The van der Waals surface area contributed by atoms with Gasteiger partial charge >= 0.3 is 0 Å². The molecule has 0 radical (unpaired) electrons. The van der Waals surface area contributed by atoms with Gasteiger partial charge in [-0.25, -0.2) is 0 Å². The molecule has 0 aliphatic carbocycles. The van der Waals surface area contributed by atoms with Gasteiger partial charge in [-0.1, -0.05) is 16.8 Å². The SMILES string of the molecule is COc1cc(O)c(C(C)N=O)cc1CC=C(C)C. The molecule has 4 nitrogen and oxygen atoms in total. The van der Waals surface area contributed by atoms with Crippen LogP contribution in [0.15, 0.2) is 29.0 Å². The fraction of sp³-hybridized carbons (Fsp3) is 0.429. The van der Waals surface area contributed by atoms with Gasteiger partial charge in [0.15, 0.2) is 0 Å². The van der Waals surface area contributed by atoms with Crippen LogP contribution in [0.2, 0.25) is 0 Å². The zero-order chi connectivity index (χ0) is 13.7. The van der Waals surface area contributed by atoms with Crippen LogP contribution < -0.4 is 4.74 Å². The van der Waals surface area contributed by atoms with E-state index in [2.05, 4.69) is 11.3 Å². The quantitative estimate of drug-likeness (QED) is 0.638. The molecule has 0 aliphatic rings. The fourth-order valence-corrected chi connectivity index (χ4v) is 1.69. The average Bonchev–Trinajstić information content (AvgIpc) is 2.35. The number of nitrogens with zero attached hydrogens (tertiary/aromatic N) is 1. The average molecular weight is 249 g/mol. The van der Waals surface area contributed by atoms with Crippen molar-refractivity contribution < 1.29 is 9.84 Å². The summed E-state index contributed by atoms with van der Waals surface area (Å²) in [5.41, 5.74) is 2.66. The summed E-state index contributed by atoms with van der Waals surface area (Å²) in [4.78, 5) is 10.6. The first-order chi connectivity index (χ1) is 8.49. The topological polar surface area (TPSA) is 58.9 Å². The van der Waals surface area contributed by atoms with Crippen LogP contribution >= 0.6 is 0 Å². The molecule has 0 saturated carbocycles. The largest absolute Gasteiger partial charge is 0.507 e. The second-order valence-corrected chi connectivity index (χ2v) is 4.49. The number of hydrogen-bond donors (Lipinski definition) is 1. The van der Waals surface area contributed by atoms with Gasteiger partial charge in [0.25, 0.3) is 0 Å². The third-order valence-corrected chi connectivity index (χ3v) is 2.77. The van der Waals surface area contributed by atoms with Gasteiger partial charge in [0, 0.05) is 11.6 Å². The lowest BCUT2D eigenvalue weighted by molar-refractivity contribution is 0.401. The van der Waals surface area contributed by atoms with Crippen LogP contribution in [0.1, 0.15) is 37.9 Å². The molecule has 0 saturated heterocycles. The van der Waals surface area contributed by atoms with E-state index in [0.29, 0.717) is 17.7 Å². The number of phenolic OH excluding ortho intramolecular Hbond substituents is 1. The molecule has 0 fully saturated rings. The maximum atomic E-state index is 10.6. The molecule has 0 spiro atoms. The summed E-state index contributed by atoms with van der Waals surface area (Å²) in [7, 11) is 1.56. The summed E-state index contributed by atoms with van der Waals surface area (Å²) in [6.45, 7) is 5.69. The Bertz CT molecular complexity index is 462. The minimum absolute atomic E-state index is 0.0416. The van der Waals surface area contributed by atoms with E-state index in [9.17, 15) is 10.0 Å². The number of aromatic hydroxyl groups is 1. The van der Waals surface area contributed by atoms with E-state index in [4.69, 9.17) is 4.74 Å². The van der Waals surface area contributed by atoms with E-state index < -0.39 is 6.04 Å². The van der Waals surface area contributed by atoms with E-state index >= 15 is 0 Å². The smallest absolute Gasteiger partial charge is 0.126 e. The van der Waals surface area contributed by atoms with Gasteiger partial charge in [-0.3, -0.25) is 0 Å². The molecule has 0 aromatic heterocycles. The summed E-state index contributed by atoms with van der Waals surface area (Å²) < 4.78 is 5.23. The Hall–Kier alpha value is -1.84. The Balaban J connectivity index is 3.21. The number of ether oxygens (including phenoxy) is 1. The highest BCUT2D eigenvalue weighted by Gasteiger charge is 2.14. The van der Waals surface area contributed by atoms with Crippen LogP contribution in [0.25, 0.3) is 0 Å². The van der Waals surface area contributed by atoms with Gasteiger partial charge < -0.3 is 9.84 Å². The molecule has 0 aliphatic heterocycles. The summed E-state index contributed by atoms with van der Waals surface area (Å²) in [6.07, 6.45) is 2.77. The number of phenols is 1. The Morgan fingerprint density at radius 1 is 1.50 bits per heavy atom. The van der Waals surface area contributed by atoms with Crippen molar-refractivity contribution in [1.29, 1.82) is 0 Å². The third kappa shape index (κ3) is 3.32. The first-order valence-corrected chi connectivity index (χ1v) is 5.85. The highest BCUT2D eigenvalue weighted by molar-refractivity contribution is 5.48. The van der Waals surface area contributed by atoms with Crippen LogP contribution in [0.3, 0.4) is 0 Å². The van der Waals surface area contributed by atoms with Gasteiger partial charge in [-0.15, -0.1) is 0 Å². The second kappa shape index (κ2) is 6.19. The molecule has 0 amide bonds. The summed E-state index contributed by atoms with van der Waals surface area (Å²) in [6, 6.07) is 2.74. The van der Waals surface area contributed by atoms with Crippen LogP contribution in [0.4, 0.5) is 0 Å². The monoisotopic (exact) mass is 249 g/mol. The fourth-order valence-electron chi connectivity index (χ4n) is 1.69. The maximum absolute atomic E-state index is 10.6. The first kappa shape index (κ1) is 14.2. The highest BCUT2D eigenvalue weighted by atomic mass is 16.5. The van der Waals surface area contributed by atoms with Crippen LogP contribution in [0, 0.1) is 4.91 Å². The highest BCUT2D eigenvalue weighted by Crippen LogP contribution is 2.33. The normalized spacial score (nSPS) is 11.8. The van der Waals surface area contributed by atoms with E-state index in [-0.39, 0.29) is 5.75 Å². The molecule has 1 unspecified atom stereocenters. The predicted molar refractivity (Wildman–Crippen MR) is 72.0 cm³/mol. The van der Waals surface area contributed by atoms with Crippen LogP contribution in [0.5, 0.6) is 11.5 Å². The first-order valence-electron chi connectivity index (χ1n) is 5.85. The molecule has 18 heavy (non-hydrogen) atoms. The number of methoxy groups -OCH3 is 1. The van der Waals surface area contributed by atoms with Gasteiger partial charge in [0.05, 0.1) is 7.11 Å². The Morgan fingerprint density at radius 3 is 2.67 bits per heavy atom. The van der Waals surface area contributed by atoms with Crippen molar-refractivity contribution in [2.75, 3.05) is 7.11 Å². The maximum Gasteiger partial charge on any atom is 0.126 e. The van der Waals surface area contributed by atoms with Gasteiger partial charge in [0.1, 0.15) is 17.5 Å². The number of allylic oxidation sites excluding steroid dienone is 2. The molecule has 1 aromatic rings. The Morgan fingerprint density at radius 2 is 2.17 bits per heavy atom. The summed E-state index contributed by atoms with van der Waals surface area (Å²) in [5.74, 6) is 0.659. The zero-order valence-electron chi connectivity index (χ0n) is 11.2. The molecular weight excluding hydrogens is 230 g/mol. The third-order valence-electron chi connectivity index (χ3n) is 2.77. The van der Waals surface area contributed by atoms with E-state index in [1.54, 1.807) is 20.1 Å². The number of nitroso groups, excluding NO2 is 1. The molecular formula is C14H19NO3. The Labute approximate surface area is 107 Å². The van der Waals surface area contributed by atoms with E-state index in [1.807, 2.05) is 13.8 Å². The van der Waals surface area contributed by atoms with Gasteiger partial charge in [-0.05, 0) is 38.8 Å². The van der Waals surface area contributed by atoms with Gasteiger partial charge in [0.2, 0.25) is 0 Å². The lowest BCUT2D eigenvalue weighted by Crippen LogP contribution is -1.96.